The second kappa shape index (κ2) is 6.08. The number of carbonyl (C=O) groups is 2. The number of ether oxygens (including phenoxy) is 2. The van der Waals surface area contributed by atoms with Gasteiger partial charge in [0.2, 0.25) is 0 Å². The third kappa shape index (κ3) is 3.62. The van der Waals surface area contributed by atoms with Crippen LogP contribution in [0, 0.1) is 6.92 Å². The van der Waals surface area contributed by atoms with Crippen LogP contribution < -0.4 is 0 Å². The van der Waals surface area contributed by atoms with E-state index in [9.17, 15) is 9.59 Å². The molecule has 0 saturated carbocycles. The molecular weight excluding hydrogens is 222 g/mol. The smallest absolute Gasteiger partial charge is 0.310 e. The number of H-pyrrole nitrogens is 1. The van der Waals surface area contributed by atoms with Gasteiger partial charge in [-0.1, -0.05) is 0 Å². The van der Waals surface area contributed by atoms with Crippen molar-refractivity contribution in [1.82, 2.24) is 4.98 Å². The molecule has 0 bridgehead atoms. The third-order valence-electron chi connectivity index (χ3n) is 2.68. The van der Waals surface area contributed by atoms with Crippen molar-refractivity contribution in [2.24, 2.45) is 0 Å². The molecule has 1 rings (SSSR count). The van der Waals surface area contributed by atoms with Crippen molar-refractivity contribution >= 4 is 11.9 Å². The Labute approximate surface area is 100 Å². The average molecular weight is 239 g/mol. The molecule has 5 heteroatoms. The lowest BCUT2D eigenvalue weighted by molar-refractivity contribution is -0.140. The first-order chi connectivity index (χ1) is 8.08. The maximum Gasteiger partial charge on any atom is 0.310 e. The number of hydrogen-bond donors (Lipinski definition) is 1. The molecule has 0 fully saturated rings. The van der Waals surface area contributed by atoms with E-state index >= 15 is 0 Å². The average Bonchev–Trinajstić information content (AvgIpc) is 2.67. The summed E-state index contributed by atoms with van der Waals surface area (Å²) in [5.41, 5.74) is 2.79. The predicted octanol–water partition coefficient (Wildman–Crippen LogP) is 1.14. The fourth-order valence-electron chi connectivity index (χ4n) is 1.63. The Morgan fingerprint density at radius 1 is 1.24 bits per heavy atom. The van der Waals surface area contributed by atoms with Crippen LogP contribution in [-0.2, 0) is 31.9 Å². The summed E-state index contributed by atoms with van der Waals surface area (Å²) < 4.78 is 9.22. The van der Waals surface area contributed by atoms with Gasteiger partial charge in [-0.3, -0.25) is 9.59 Å². The Morgan fingerprint density at radius 2 is 1.88 bits per heavy atom. The minimum absolute atomic E-state index is 0.225. The number of methoxy groups -OCH3 is 2. The number of nitrogens with one attached hydrogen (secondary N) is 1. The zero-order valence-electron chi connectivity index (χ0n) is 10.3. The number of esters is 2. The number of aromatic amines is 1. The zero-order chi connectivity index (χ0) is 12.8. The van der Waals surface area contributed by atoms with Gasteiger partial charge in [0.25, 0.3) is 0 Å². The Kier molecular flexibility index (Phi) is 4.75. The highest BCUT2D eigenvalue weighted by molar-refractivity contribution is 5.73. The number of aryl methyl sites for hydroxylation is 2. The summed E-state index contributed by atoms with van der Waals surface area (Å²) in [5.74, 6) is -0.542. The van der Waals surface area contributed by atoms with Crippen LogP contribution in [0.2, 0.25) is 0 Å². The maximum absolute atomic E-state index is 11.3. The molecule has 0 saturated heterocycles. The van der Waals surface area contributed by atoms with Crippen molar-refractivity contribution in [2.75, 3.05) is 14.2 Å². The molecule has 0 amide bonds. The van der Waals surface area contributed by atoms with Crippen molar-refractivity contribution in [3.63, 3.8) is 0 Å². The van der Waals surface area contributed by atoms with E-state index in [0.29, 0.717) is 12.8 Å². The van der Waals surface area contributed by atoms with Crippen LogP contribution in [-0.4, -0.2) is 31.1 Å². The van der Waals surface area contributed by atoms with Crippen molar-refractivity contribution in [3.05, 3.63) is 23.0 Å². The van der Waals surface area contributed by atoms with Gasteiger partial charge in [-0.2, -0.15) is 0 Å². The van der Waals surface area contributed by atoms with Gasteiger partial charge in [0, 0.05) is 18.3 Å². The van der Waals surface area contributed by atoms with E-state index in [4.69, 9.17) is 0 Å². The molecule has 1 aromatic rings. The van der Waals surface area contributed by atoms with Crippen molar-refractivity contribution in [1.29, 1.82) is 0 Å². The van der Waals surface area contributed by atoms with E-state index in [1.807, 2.05) is 13.1 Å². The van der Waals surface area contributed by atoms with Gasteiger partial charge in [0.05, 0.1) is 20.6 Å². The Bertz CT molecular complexity index is 409. The van der Waals surface area contributed by atoms with Crippen molar-refractivity contribution in [3.8, 4) is 0 Å². The first kappa shape index (κ1) is 13.3. The lowest BCUT2D eigenvalue weighted by Crippen LogP contribution is -2.08. The third-order valence-corrected chi connectivity index (χ3v) is 2.68. The predicted molar refractivity (Wildman–Crippen MR) is 61.6 cm³/mol. The highest BCUT2D eigenvalue weighted by Gasteiger charge is 2.13. The Hall–Kier alpha value is -1.78. The number of aromatic nitrogens is 1. The summed E-state index contributed by atoms with van der Waals surface area (Å²) in [6, 6.07) is 0. The molecule has 0 aromatic carbocycles. The van der Waals surface area contributed by atoms with Gasteiger partial charge < -0.3 is 14.5 Å². The molecule has 0 aliphatic carbocycles. The Balaban J connectivity index is 2.72. The molecule has 0 spiro atoms. The first-order valence-corrected chi connectivity index (χ1v) is 5.37. The number of hydrogen-bond acceptors (Lipinski definition) is 4. The normalized spacial score (nSPS) is 10.1. The summed E-state index contributed by atoms with van der Waals surface area (Å²) in [6.45, 7) is 1.89. The van der Waals surface area contributed by atoms with Crippen LogP contribution >= 0.6 is 0 Å². The largest absolute Gasteiger partial charge is 0.469 e. The van der Waals surface area contributed by atoms with Crippen molar-refractivity contribution < 1.29 is 19.1 Å². The zero-order valence-corrected chi connectivity index (χ0v) is 10.3. The molecule has 1 N–H and O–H groups in total. The molecular formula is C12H17NO4. The molecule has 1 heterocycles. The second-order valence-corrected chi connectivity index (χ2v) is 3.75. The van der Waals surface area contributed by atoms with Gasteiger partial charge in [0.15, 0.2) is 0 Å². The molecule has 1 aromatic heterocycles. The van der Waals surface area contributed by atoms with E-state index < -0.39 is 0 Å². The highest BCUT2D eigenvalue weighted by atomic mass is 16.5. The fraction of sp³-hybridized carbons (Fsp3) is 0.500. The second-order valence-electron chi connectivity index (χ2n) is 3.75. The molecule has 5 nitrogen and oxygen atoms in total. The lowest BCUT2D eigenvalue weighted by atomic mass is 10.0. The standard InChI is InChI=1S/C12H17NO4/c1-8-10(6-12(15)17-3)9(7-13-8)4-5-11(14)16-2/h7,13H,4-6H2,1-3H3. The lowest BCUT2D eigenvalue weighted by Gasteiger charge is -2.04. The van der Waals surface area contributed by atoms with Crippen LogP contribution in [0.15, 0.2) is 6.20 Å². The van der Waals surface area contributed by atoms with Gasteiger partial charge in [-0.25, -0.2) is 0 Å². The topological polar surface area (TPSA) is 68.4 Å². The summed E-state index contributed by atoms with van der Waals surface area (Å²) in [6.07, 6.45) is 2.91. The molecule has 0 aliphatic rings. The van der Waals surface area contributed by atoms with Crippen LogP contribution in [0.25, 0.3) is 0 Å². The van der Waals surface area contributed by atoms with E-state index in [1.54, 1.807) is 0 Å². The molecule has 0 unspecified atom stereocenters. The van der Waals surface area contributed by atoms with Gasteiger partial charge in [-0.15, -0.1) is 0 Å². The summed E-state index contributed by atoms with van der Waals surface area (Å²) in [7, 11) is 2.72. The van der Waals surface area contributed by atoms with Gasteiger partial charge >= 0.3 is 11.9 Å². The van der Waals surface area contributed by atoms with E-state index in [0.717, 1.165) is 16.8 Å². The van der Waals surface area contributed by atoms with Crippen LogP contribution in [0.1, 0.15) is 23.2 Å². The van der Waals surface area contributed by atoms with E-state index in [2.05, 4.69) is 14.5 Å². The summed E-state index contributed by atoms with van der Waals surface area (Å²) in [4.78, 5) is 25.4. The van der Waals surface area contributed by atoms with Crippen molar-refractivity contribution in [2.45, 2.75) is 26.2 Å². The highest BCUT2D eigenvalue weighted by Crippen LogP contribution is 2.16. The molecule has 0 atom stereocenters. The number of rotatable bonds is 5. The first-order valence-electron chi connectivity index (χ1n) is 5.37. The van der Waals surface area contributed by atoms with Gasteiger partial charge in [0.1, 0.15) is 0 Å². The van der Waals surface area contributed by atoms with E-state index in [1.165, 1.54) is 14.2 Å². The quantitative estimate of drug-likeness (QED) is 0.782. The SMILES string of the molecule is COC(=O)CCc1c[nH]c(C)c1CC(=O)OC. The van der Waals surface area contributed by atoms with Gasteiger partial charge in [-0.05, 0) is 24.5 Å². The molecule has 17 heavy (non-hydrogen) atoms. The molecule has 94 valence electrons. The monoisotopic (exact) mass is 239 g/mol. The fourth-order valence-corrected chi connectivity index (χ4v) is 1.63. The van der Waals surface area contributed by atoms with Crippen LogP contribution in [0.5, 0.6) is 0 Å². The summed E-state index contributed by atoms with van der Waals surface area (Å²) in [5, 5.41) is 0. The van der Waals surface area contributed by atoms with Crippen LogP contribution in [0.4, 0.5) is 0 Å². The minimum atomic E-state index is -0.285. The Morgan fingerprint density at radius 3 is 2.47 bits per heavy atom. The summed E-state index contributed by atoms with van der Waals surface area (Å²) >= 11 is 0. The molecule has 0 radical (unpaired) electrons. The number of carbonyl (C=O) groups excluding carboxylic acids is 2. The minimum Gasteiger partial charge on any atom is -0.469 e. The van der Waals surface area contributed by atoms with E-state index in [-0.39, 0.29) is 18.4 Å². The maximum atomic E-state index is 11.3. The van der Waals surface area contributed by atoms with Crippen LogP contribution in [0.3, 0.4) is 0 Å². The molecule has 0 aliphatic heterocycles.